The highest BCUT2D eigenvalue weighted by molar-refractivity contribution is 7.92. The number of likely N-dealkylation sites (N-methyl/N-ethyl adjacent to an activating group) is 1. The fourth-order valence-corrected chi connectivity index (χ4v) is 6.64. The van der Waals surface area contributed by atoms with E-state index in [1.807, 2.05) is 26.1 Å². The number of aliphatic hydroxyl groups is 1. The topological polar surface area (TPSA) is 131 Å². The van der Waals surface area contributed by atoms with Gasteiger partial charge in [-0.3, -0.25) is 19.4 Å². The summed E-state index contributed by atoms with van der Waals surface area (Å²) < 4.78 is 47.0. The molecule has 1 amide bonds. The van der Waals surface area contributed by atoms with E-state index < -0.39 is 16.1 Å². The van der Waals surface area contributed by atoms with Gasteiger partial charge < -0.3 is 24.2 Å². The molecule has 0 saturated heterocycles. The Balaban J connectivity index is 1.64. The number of nitrogens with one attached hydrogen (secondary N) is 1. The molecule has 0 aliphatic carbocycles. The molecular weight excluding hydrogens is 620 g/mol. The van der Waals surface area contributed by atoms with Crippen molar-refractivity contribution in [2.24, 2.45) is 5.92 Å². The molecule has 0 saturated carbocycles. The number of benzene rings is 2. The number of carbonyl (C=O) groups excluding carboxylic acids is 1. The Morgan fingerprint density at radius 3 is 2.51 bits per heavy atom. The third kappa shape index (κ3) is 10.1. The van der Waals surface area contributed by atoms with Crippen molar-refractivity contribution in [2.75, 3.05) is 45.2 Å². The molecule has 1 aliphatic heterocycles. The third-order valence-electron chi connectivity index (χ3n) is 8.37. The van der Waals surface area contributed by atoms with Crippen LogP contribution < -0.4 is 14.2 Å². The van der Waals surface area contributed by atoms with Gasteiger partial charge in [-0.05, 0) is 100 Å². The average molecular weight is 669 g/mol. The first-order chi connectivity index (χ1) is 22.5. The SMILES string of the molecule is COc1ccc(S(=O)(=O)Nc2ccc3c(c2)C(=O)N([C@@H](C)CO)C[C@@H](C)[C@H](CN(C)Cc2ccncc2)OCCCC[C@@H](C)O3)cc1. The molecule has 0 spiro atoms. The van der Waals surface area contributed by atoms with Crippen LogP contribution in [0.3, 0.4) is 0 Å². The van der Waals surface area contributed by atoms with E-state index in [1.165, 1.54) is 25.3 Å². The second kappa shape index (κ2) is 16.9. The van der Waals surface area contributed by atoms with Crippen molar-refractivity contribution in [3.63, 3.8) is 0 Å². The van der Waals surface area contributed by atoms with Crippen LogP contribution in [0.1, 0.15) is 56.0 Å². The largest absolute Gasteiger partial charge is 0.497 e. The standard InChI is InChI=1S/C35H48N4O7S/c1-25-21-39(26(2)24-40)35(41)32-20-29(37-47(42,43)31-12-10-30(44-5)11-13-31)9-14-33(32)46-27(3)8-6-7-19-45-34(25)23-38(4)22-28-15-17-36-18-16-28/h9-18,20,25-27,34,37,40H,6-8,19,21-24H2,1-5H3/t25-,26+,27-,34+/m1/s1. The number of aliphatic hydroxyl groups excluding tert-OH is 1. The molecule has 4 atom stereocenters. The normalized spacial score (nSPS) is 20.5. The third-order valence-corrected chi connectivity index (χ3v) is 9.76. The van der Waals surface area contributed by atoms with Crippen molar-refractivity contribution < 1.29 is 32.5 Å². The van der Waals surface area contributed by atoms with E-state index >= 15 is 0 Å². The first kappa shape index (κ1) is 36.1. The number of fused-ring (bicyclic) bond motifs is 1. The van der Waals surface area contributed by atoms with Crippen LogP contribution in [0.2, 0.25) is 0 Å². The lowest BCUT2D eigenvalue weighted by atomic mass is 10.0. The van der Waals surface area contributed by atoms with Gasteiger partial charge >= 0.3 is 0 Å². The van der Waals surface area contributed by atoms with Gasteiger partial charge in [-0.15, -0.1) is 0 Å². The number of sulfonamides is 1. The van der Waals surface area contributed by atoms with Crippen molar-refractivity contribution in [2.45, 2.75) is 69.7 Å². The lowest BCUT2D eigenvalue weighted by Crippen LogP contribution is -2.47. The lowest BCUT2D eigenvalue weighted by molar-refractivity contribution is -0.0177. The van der Waals surface area contributed by atoms with Gasteiger partial charge in [0.2, 0.25) is 0 Å². The van der Waals surface area contributed by atoms with Gasteiger partial charge in [0.15, 0.2) is 0 Å². The van der Waals surface area contributed by atoms with Crippen LogP contribution >= 0.6 is 0 Å². The average Bonchev–Trinajstić information content (AvgIpc) is 3.06. The van der Waals surface area contributed by atoms with Crippen LogP contribution in [0.5, 0.6) is 11.5 Å². The van der Waals surface area contributed by atoms with Crippen LogP contribution in [0, 0.1) is 5.92 Å². The smallest absolute Gasteiger partial charge is 0.261 e. The van der Waals surface area contributed by atoms with E-state index in [4.69, 9.17) is 14.2 Å². The summed E-state index contributed by atoms with van der Waals surface area (Å²) in [6.45, 7) is 7.82. The minimum atomic E-state index is -3.96. The minimum absolute atomic E-state index is 0.0545. The highest BCUT2D eigenvalue weighted by atomic mass is 32.2. The Hall–Kier alpha value is -3.71. The fraction of sp³-hybridized carbons (Fsp3) is 0.486. The molecule has 2 N–H and O–H groups in total. The van der Waals surface area contributed by atoms with E-state index in [0.717, 1.165) is 31.4 Å². The molecule has 0 fully saturated rings. The zero-order chi connectivity index (χ0) is 34.0. The van der Waals surface area contributed by atoms with Gasteiger partial charge in [-0.1, -0.05) is 6.92 Å². The number of ether oxygens (including phenoxy) is 3. The van der Waals surface area contributed by atoms with Crippen LogP contribution in [0.25, 0.3) is 0 Å². The second-order valence-electron chi connectivity index (χ2n) is 12.3. The van der Waals surface area contributed by atoms with Gasteiger partial charge in [-0.2, -0.15) is 0 Å². The van der Waals surface area contributed by atoms with E-state index in [-0.39, 0.29) is 46.8 Å². The number of hydrogen-bond donors (Lipinski definition) is 2. The van der Waals surface area contributed by atoms with Crippen LogP contribution in [-0.4, -0.2) is 92.9 Å². The van der Waals surface area contributed by atoms with Crippen molar-refractivity contribution in [3.8, 4) is 11.5 Å². The molecule has 2 aromatic carbocycles. The Bertz CT molecular complexity index is 1540. The van der Waals surface area contributed by atoms with E-state index in [2.05, 4.69) is 21.5 Å². The minimum Gasteiger partial charge on any atom is -0.497 e. The molecular formula is C35H48N4O7S. The maximum Gasteiger partial charge on any atom is 0.261 e. The number of hydrogen-bond acceptors (Lipinski definition) is 9. The Labute approximate surface area is 278 Å². The Morgan fingerprint density at radius 1 is 1.11 bits per heavy atom. The number of pyridine rings is 1. The quantitative estimate of drug-likeness (QED) is 0.312. The molecule has 47 heavy (non-hydrogen) atoms. The summed E-state index contributed by atoms with van der Waals surface area (Å²) in [6.07, 6.45) is 5.68. The van der Waals surface area contributed by atoms with Crippen LogP contribution in [0.4, 0.5) is 5.69 Å². The van der Waals surface area contributed by atoms with E-state index in [0.29, 0.717) is 31.2 Å². The monoisotopic (exact) mass is 668 g/mol. The number of amides is 1. The summed E-state index contributed by atoms with van der Waals surface area (Å²) in [5, 5.41) is 10.2. The molecule has 4 rings (SSSR count). The number of nitrogens with zero attached hydrogens (tertiary/aromatic N) is 3. The van der Waals surface area contributed by atoms with Crippen LogP contribution in [0.15, 0.2) is 71.9 Å². The number of rotatable bonds is 10. The van der Waals surface area contributed by atoms with Gasteiger partial charge in [0.1, 0.15) is 11.5 Å². The number of anilines is 1. The Morgan fingerprint density at radius 2 is 1.83 bits per heavy atom. The summed E-state index contributed by atoms with van der Waals surface area (Å²) in [4.78, 5) is 22.4. The predicted molar refractivity (Wildman–Crippen MR) is 181 cm³/mol. The molecule has 0 bridgehead atoms. The summed E-state index contributed by atoms with van der Waals surface area (Å²) in [5.41, 5.74) is 1.57. The summed E-state index contributed by atoms with van der Waals surface area (Å²) in [5.74, 6) is 0.440. The van der Waals surface area contributed by atoms with E-state index in [9.17, 15) is 18.3 Å². The molecule has 0 radical (unpaired) electrons. The summed E-state index contributed by atoms with van der Waals surface area (Å²) >= 11 is 0. The van der Waals surface area contributed by atoms with Gasteiger partial charge in [0.05, 0.1) is 42.4 Å². The fourth-order valence-electron chi connectivity index (χ4n) is 5.59. The van der Waals surface area contributed by atoms with Crippen molar-refractivity contribution >= 4 is 21.6 Å². The molecule has 0 unspecified atom stereocenters. The number of aromatic nitrogens is 1. The van der Waals surface area contributed by atoms with Crippen molar-refractivity contribution in [3.05, 3.63) is 78.1 Å². The maximum atomic E-state index is 14.4. The first-order valence-corrected chi connectivity index (χ1v) is 17.6. The van der Waals surface area contributed by atoms with Crippen molar-refractivity contribution in [1.82, 2.24) is 14.8 Å². The Kier molecular flexibility index (Phi) is 13.0. The summed E-state index contributed by atoms with van der Waals surface area (Å²) in [6, 6.07) is 14.2. The van der Waals surface area contributed by atoms with Gasteiger partial charge in [-0.25, -0.2) is 8.42 Å². The molecule has 1 aliphatic rings. The molecule has 256 valence electrons. The van der Waals surface area contributed by atoms with Gasteiger partial charge in [0.25, 0.3) is 15.9 Å². The molecule has 11 nitrogen and oxygen atoms in total. The molecule has 12 heteroatoms. The van der Waals surface area contributed by atoms with Crippen molar-refractivity contribution in [1.29, 1.82) is 0 Å². The molecule has 2 heterocycles. The number of methoxy groups -OCH3 is 1. The predicted octanol–water partition coefficient (Wildman–Crippen LogP) is 4.82. The lowest BCUT2D eigenvalue weighted by Gasteiger charge is -2.36. The zero-order valence-electron chi connectivity index (χ0n) is 28.0. The zero-order valence-corrected chi connectivity index (χ0v) is 28.8. The highest BCUT2D eigenvalue weighted by Gasteiger charge is 2.30. The van der Waals surface area contributed by atoms with Crippen LogP contribution in [-0.2, 0) is 21.3 Å². The summed E-state index contributed by atoms with van der Waals surface area (Å²) in [7, 11) is -0.408. The second-order valence-corrected chi connectivity index (χ2v) is 14.0. The van der Waals surface area contributed by atoms with E-state index in [1.54, 1.807) is 48.5 Å². The first-order valence-electron chi connectivity index (χ1n) is 16.1. The maximum absolute atomic E-state index is 14.4. The molecule has 1 aromatic heterocycles. The van der Waals surface area contributed by atoms with Gasteiger partial charge in [0, 0.05) is 50.2 Å². The number of carbonyl (C=O) groups is 1. The molecule has 3 aromatic rings. The highest BCUT2D eigenvalue weighted by Crippen LogP contribution is 2.30.